The number of alkyl halides is 2. The van der Waals surface area contributed by atoms with Gasteiger partial charge in [0.15, 0.2) is 0 Å². The summed E-state index contributed by atoms with van der Waals surface area (Å²) >= 11 is 21.6. The maximum Gasteiger partial charge on any atom is 0.349 e. The molecule has 0 rings (SSSR count). The number of hydrogen-bond donors (Lipinski definition) is 0. The van der Waals surface area contributed by atoms with Gasteiger partial charge < -0.3 is 4.74 Å². The molecule has 0 saturated heterocycles. The molecule has 0 aromatic carbocycles. The minimum absolute atomic E-state index is 0.191. The normalized spacial score (nSPS) is 11.8. The van der Waals surface area contributed by atoms with Gasteiger partial charge in [0.05, 0.1) is 6.61 Å². The Balaban J connectivity index is 4.18. The standard InChI is InChI=1S/C4H5Cl4O2P/c1-2-10-3(9)4(5,6)11(7)8/h2H2,1H3. The van der Waals surface area contributed by atoms with E-state index in [1.807, 2.05) is 0 Å². The van der Waals surface area contributed by atoms with E-state index in [0.29, 0.717) is 0 Å². The molecule has 7 heteroatoms. The molecule has 0 aromatic rings. The highest BCUT2D eigenvalue weighted by Gasteiger charge is 2.42. The molecule has 0 saturated carbocycles. The second kappa shape index (κ2) is 4.94. The smallest absolute Gasteiger partial charge is 0.349 e. The number of esters is 1. The largest absolute Gasteiger partial charge is 0.463 e. The molecule has 0 unspecified atom stereocenters. The van der Waals surface area contributed by atoms with Gasteiger partial charge in [-0.05, 0) is 6.92 Å². The number of halogens is 4. The van der Waals surface area contributed by atoms with Crippen molar-refractivity contribution in [2.45, 2.75) is 11.0 Å². The molecule has 0 aliphatic carbocycles. The van der Waals surface area contributed by atoms with Crippen molar-refractivity contribution in [3.05, 3.63) is 0 Å². The molecule has 0 atom stereocenters. The number of hydrogen-bond acceptors (Lipinski definition) is 2. The third-order valence-corrected chi connectivity index (χ3v) is 5.22. The van der Waals surface area contributed by atoms with Gasteiger partial charge >= 0.3 is 5.97 Å². The van der Waals surface area contributed by atoms with E-state index in [1.54, 1.807) is 6.92 Å². The lowest BCUT2D eigenvalue weighted by atomic mass is 10.7. The minimum Gasteiger partial charge on any atom is -0.463 e. The van der Waals surface area contributed by atoms with E-state index in [9.17, 15) is 4.79 Å². The van der Waals surface area contributed by atoms with Crippen LogP contribution in [0.3, 0.4) is 0 Å². The Morgan fingerprint density at radius 1 is 1.55 bits per heavy atom. The van der Waals surface area contributed by atoms with Gasteiger partial charge in [-0.3, -0.25) is 0 Å². The summed E-state index contributed by atoms with van der Waals surface area (Å²) in [6.07, 6.45) is 0. The zero-order valence-electron chi connectivity index (χ0n) is 5.48. The molecule has 11 heavy (non-hydrogen) atoms. The predicted molar refractivity (Wildman–Crippen MR) is 49.7 cm³/mol. The fourth-order valence-electron chi connectivity index (χ4n) is 0.287. The Bertz CT molecular complexity index is 149. The van der Waals surface area contributed by atoms with Crippen molar-refractivity contribution in [3.63, 3.8) is 0 Å². The Kier molecular flexibility index (Phi) is 5.41. The van der Waals surface area contributed by atoms with Crippen molar-refractivity contribution in [2.75, 3.05) is 6.61 Å². The van der Waals surface area contributed by atoms with E-state index in [4.69, 9.17) is 45.7 Å². The van der Waals surface area contributed by atoms with Gasteiger partial charge in [-0.25, -0.2) is 4.79 Å². The highest BCUT2D eigenvalue weighted by molar-refractivity contribution is 8.07. The SMILES string of the molecule is CCOC(=O)C(Cl)(Cl)P(Cl)Cl. The lowest BCUT2D eigenvalue weighted by molar-refractivity contribution is -0.141. The van der Waals surface area contributed by atoms with Crippen LogP contribution in [0.5, 0.6) is 0 Å². The zero-order chi connectivity index (χ0) is 9.07. The summed E-state index contributed by atoms with van der Waals surface area (Å²) in [5, 5.41) is 0. The van der Waals surface area contributed by atoms with Gasteiger partial charge in [0, 0.05) is 0 Å². The van der Waals surface area contributed by atoms with Crippen LogP contribution in [0, 0.1) is 0 Å². The Labute approximate surface area is 85.4 Å². The van der Waals surface area contributed by atoms with Gasteiger partial charge in [0.2, 0.25) is 0 Å². The van der Waals surface area contributed by atoms with Crippen LogP contribution in [-0.2, 0) is 9.53 Å². The van der Waals surface area contributed by atoms with Gasteiger partial charge in [0.25, 0.3) is 4.07 Å². The summed E-state index contributed by atoms with van der Waals surface area (Å²) in [5.74, 6) is -0.806. The molecule has 0 aliphatic heterocycles. The van der Waals surface area contributed by atoms with E-state index >= 15 is 0 Å². The maximum atomic E-state index is 10.9. The van der Waals surface area contributed by atoms with Crippen LogP contribution in [0.4, 0.5) is 0 Å². The Morgan fingerprint density at radius 3 is 2.27 bits per heavy atom. The van der Waals surface area contributed by atoms with E-state index in [2.05, 4.69) is 4.74 Å². The third-order valence-electron chi connectivity index (χ3n) is 0.733. The van der Waals surface area contributed by atoms with Crippen molar-refractivity contribution < 1.29 is 9.53 Å². The summed E-state index contributed by atoms with van der Waals surface area (Å²) in [6, 6.07) is 0. The van der Waals surface area contributed by atoms with E-state index < -0.39 is 16.7 Å². The molecular weight excluding hydrogens is 253 g/mol. The highest BCUT2D eigenvalue weighted by atomic mass is 35.9. The molecule has 0 fully saturated rings. The molecule has 2 nitrogen and oxygen atoms in total. The summed E-state index contributed by atoms with van der Waals surface area (Å²) < 4.78 is 2.70. The number of rotatable bonds is 3. The number of carbonyl (C=O) groups excluding carboxylic acids is 1. The molecule has 0 heterocycles. The maximum absolute atomic E-state index is 10.9. The van der Waals surface area contributed by atoms with Gasteiger partial charge in [0.1, 0.15) is 6.63 Å². The average Bonchev–Trinajstić information content (AvgIpc) is 1.88. The Morgan fingerprint density at radius 2 is 2.00 bits per heavy atom. The second-order valence-corrected chi connectivity index (χ2v) is 7.03. The van der Waals surface area contributed by atoms with E-state index in [0.717, 1.165) is 0 Å². The van der Waals surface area contributed by atoms with Crippen LogP contribution in [-0.4, -0.2) is 16.7 Å². The lowest BCUT2D eigenvalue weighted by Gasteiger charge is -2.17. The van der Waals surface area contributed by atoms with E-state index in [-0.39, 0.29) is 6.61 Å². The first-order valence-corrected chi connectivity index (χ1v) is 6.50. The van der Waals surface area contributed by atoms with Crippen molar-refractivity contribution in [3.8, 4) is 0 Å². The molecule has 0 aromatic heterocycles. The fraction of sp³-hybridized carbons (Fsp3) is 0.750. The van der Waals surface area contributed by atoms with Crippen LogP contribution in [0.1, 0.15) is 6.92 Å². The molecule has 0 N–H and O–H groups in total. The molecular formula is C4H5Cl4O2P. The first kappa shape index (κ1) is 12.1. The topological polar surface area (TPSA) is 26.3 Å². The fourth-order valence-corrected chi connectivity index (χ4v) is 1.01. The average molecular weight is 258 g/mol. The van der Waals surface area contributed by atoms with Gasteiger partial charge in [-0.1, -0.05) is 45.7 Å². The minimum atomic E-state index is -1.81. The monoisotopic (exact) mass is 256 g/mol. The molecule has 0 spiro atoms. The summed E-state index contributed by atoms with van der Waals surface area (Å²) in [4.78, 5) is 10.9. The number of carbonyl (C=O) groups is 1. The zero-order valence-corrected chi connectivity index (χ0v) is 9.40. The van der Waals surface area contributed by atoms with Crippen LogP contribution >= 0.6 is 52.3 Å². The lowest BCUT2D eigenvalue weighted by Crippen LogP contribution is -2.23. The van der Waals surface area contributed by atoms with Crippen molar-refractivity contribution >= 4 is 58.3 Å². The van der Waals surface area contributed by atoms with Gasteiger partial charge in [-0.2, -0.15) is 0 Å². The first-order valence-electron chi connectivity index (χ1n) is 2.59. The van der Waals surface area contributed by atoms with Crippen LogP contribution in [0.25, 0.3) is 0 Å². The summed E-state index contributed by atoms with van der Waals surface area (Å²) in [5.41, 5.74) is 0. The quantitative estimate of drug-likeness (QED) is 0.440. The second-order valence-electron chi connectivity index (χ2n) is 1.49. The molecule has 0 bridgehead atoms. The predicted octanol–water partition coefficient (Wildman–Crippen LogP) is 3.47. The van der Waals surface area contributed by atoms with Crippen molar-refractivity contribution in [1.82, 2.24) is 0 Å². The van der Waals surface area contributed by atoms with Gasteiger partial charge in [-0.15, -0.1) is 0 Å². The summed E-state index contributed by atoms with van der Waals surface area (Å²) in [7, 11) is 0. The van der Waals surface area contributed by atoms with E-state index in [1.165, 1.54) is 0 Å². The summed E-state index contributed by atoms with van der Waals surface area (Å²) in [6.45, 7) is 0.0290. The highest BCUT2D eigenvalue weighted by Crippen LogP contribution is 2.63. The molecule has 0 aliphatic rings. The van der Waals surface area contributed by atoms with Crippen LogP contribution in [0.15, 0.2) is 0 Å². The van der Waals surface area contributed by atoms with Crippen molar-refractivity contribution in [1.29, 1.82) is 0 Å². The van der Waals surface area contributed by atoms with Crippen molar-refractivity contribution in [2.24, 2.45) is 0 Å². The molecule has 66 valence electrons. The van der Waals surface area contributed by atoms with Crippen LogP contribution in [0.2, 0.25) is 0 Å². The molecule has 0 radical (unpaired) electrons. The number of ether oxygens (including phenoxy) is 1. The third kappa shape index (κ3) is 3.52. The first-order chi connectivity index (χ1) is 4.92. The Hall–Kier alpha value is 1.06. The molecule has 0 amide bonds. The van der Waals surface area contributed by atoms with Crippen LogP contribution < -0.4 is 0 Å².